The van der Waals surface area contributed by atoms with Gasteiger partial charge in [0.25, 0.3) is 0 Å². The maximum atomic E-state index is 12.0. The van der Waals surface area contributed by atoms with Crippen LogP contribution in [0.5, 0.6) is 11.5 Å². The Morgan fingerprint density at radius 2 is 1.88 bits per heavy atom. The van der Waals surface area contributed by atoms with Gasteiger partial charge in [0.2, 0.25) is 0 Å². The summed E-state index contributed by atoms with van der Waals surface area (Å²) in [6.45, 7) is 1.71. The second-order valence-electron chi connectivity index (χ2n) is 5.40. The van der Waals surface area contributed by atoms with E-state index in [-0.39, 0.29) is 12.4 Å². The highest BCUT2D eigenvalue weighted by Crippen LogP contribution is 2.26. The number of ether oxygens (including phenoxy) is 2. The molecule has 0 N–H and O–H groups in total. The molecule has 0 unspecified atom stereocenters. The molecule has 0 aliphatic heterocycles. The summed E-state index contributed by atoms with van der Waals surface area (Å²) < 4.78 is 10.7. The zero-order valence-electron chi connectivity index (χ0n) is 13.2. The molecule has 3 rings (SSSR count). The highest BCUT2D eigenvalue weighted by molar-refractivity contribution is 6.01. The number of esters is 1. The smallest absolute Gasteiger partial charge is 0.349 e. The van der Waals surface area contributed by atoms with Crippen LogP contribution in [0.3, 0.4) is 0 Å². The number of carbonyl (C=O) groups is 2. The van der Waals surface area contributed by atoms with Crippen molar-refractivity contribution >= 4 is 23.0 Å². The van der Waals surface area contributed by atoms with Gasteiger partial charge in [-0.3, -0.25) is 4.79 Å². The van der Waals surface area contributed by atoms with Crippen LogP contribution < -0.4 is 9.47 Å². The Hall–Kier alpha value is -3.14. The summed E-state index contributed by atoms with van der Waals surface area (Å²) in [7, 11) is 0. The van der Waals surface area contributed by atoms with Crippen LogP contribution in [0.2, 0.25) is 0 Å². The van der Waals surface area contributed by atoms with E-state index in [0.29, 0.717) is 17.6 Å². The van der Waals surface area contributed by atoms with E-state index in [1.54, 1.807) is 12.1 Å². The van der Waals surface area contributed by atoms with Crippen LogP contribution in [-0.4, -0.2) is 18.9 Å². The molecule has 0 aliphatic carbocycles. The van der Waals surface area contributed by atoms with Gasteiger partial charge in [0.05, 0.1) is 5.56 Å². The Labute approximate surface area is 139 Å². The molecular formula is C20H16O4. The van der Waals surface area contributed by atoms with Gasteiger partial charge in [-0.25, -0.2) is 4.79 Å². The second kappa shape index (κ2) is 6.96. The van der Waals surface area contributed by atoms with Gasteiger partial charge in [0.1, 0.15) is 11.5 Å². The summed E-state index contributed by atoms with van der Waals surface area (Å²) in [5.41, 5.74) is 1.40. The second-order valence-corrected chi connectivity index (χ2v) is 5.40. The molecule has 120 valence electrons. The van der Waals surface area contributed by atoms with Crippen molar-refractivity contribution in [3.05, 3.63) is 71.8 Å². The summed E-state index contributed by atoms with van der Waals surface area (Å²) in [4.78, 5) is 23.4. The van der Waals surface area contributed by atoms with Crippen molar-refractivity contribution in [1.29, 1.82) is 0 Å². The molecule has 0 atom stereocenters. The number of aryl methyl sites for hydroxylation is 1. The van der Waals surface area contributed by atoms with Crippen molar-refractivity contribution in [2.75, 3.05) is 6.61 Å². The molecule has 4 heteroatoms. The SMILES string of the molecule is Cc1cccc(OCC(=O)Oc2ccc3ccccc3c2C=O)c1. The Kier molecular flexibility index (Phi) is 4.57. The molecule has 0 aliphatic rings. The summed E-state index contributed by atoms with van der Waals surface area (Å²) in [6, 6.07) is 18.3. The van der Waals surface area contributed by atoms with E-state index in [1.807, 2.05) is 55.5 Å². The van der Waals surface area contributed by atoms with Gasteiger partial charge in [-0.1, -0.05) is 42.5 Å². The van der Waals surface area contributed by atoms with Gasteiger partial charge in [-0.05, 0) is 41.5 Å². The van der Waals surface area contributed by atoms with E-state index in [9.17, 15) is 9.59 Å². The molecule has 0 saturated carbocycles. The van der Waals surface area contributed by atoms with E-state index >= 15 is 0 Å². The van der Waals surface area contributed by atoms with E-state index < -0.39 is 5.97 Å². The molecule has 3 aromatic rings. The monoisotopic (exact) mass is 320 g/mol. The van der Waals surface area contributed by atoms with Crippen molar-refractivity contribution in [1.82, 2.24) is 0 Å². The standard InChI is InChI=1S/C20H16O4/c1-14-5-4-7-16(11-14)23-13-20(22)24-19-10-9-15-6-2-3-8-17(15)18(19)12-21/h2-12H,13H2,1H3. The predicted molar refractivity (Wildman–Crippen MR) is 91.6 cm³/mol. The number of benzene rings is 3. The zero-order chi connectivity index (χ0) is 16.9. The minimum atomic E-state index is -0.560. The molecule has 24 heavy (non-hydrogen) atoms. The first-order valence-corrected chi connectivity index (χ1v) is 7.54. The molecule has 3 aromatic carbocycles. The molecule has 0 saturated heterocycles. The maximum absolute atomic E-state index is 12.0. The number of hydrogen-bond donors (Lipinski definition) is 0. The van der Waals surface area contributed by atoms with Crippen molar-refractivity contribution in [2.24, 2.45) is 0 Å². The number of hydrogen-bond acceptors (Lipinski definition) is 4. The first kappa shape index (κ1) is 15.7. The van der Waals surface area contributed by atoms with Crippen molar-refractivity contribution in [3.63, 3.8) is 0 Å². The first-order valence-electron chi connectivity index (χ1n) is 7.54. The Balaban J connectivity index is 1.74. The van der Waals surface area contributed by atoms with E-state index in [4.69, 9.17) is 9.47 Å². The number of rotatable bonds is 5. The molecular weight excluding hydrogens is 304 g/mol. The quantitative estimate of drug-likeness (QED) is 0.406. The van der Waals surface area contributed by atoms with Crippen LogP contribution in [0.4, 0.5) is 0 Å². The lowest BCUT2D eigenvalue weighted by Gasteiger charge is -2.10. The van der Waals surface area contributed by atoms with Gasteiger partial charge < -0.3 is 9.47 Å². The van der Waals surface area contributed by atoms with Crippen LogP contribution in [0, 0.1) is 6.92 Å². The molecule has 0 radical (unpaired) electrons. The Bertz CT molecular complexity index is 899. The molecule has 4 nitrogen and oxygen atoms in total. The number of aldehydes is 1. The molecule has 0 amide bonds. The van der Waals surface area contributed by atoms with Gasteiger partial charge >= 0.3 is 5.97 Å². The van der Waals surface area contributed by atoms with Gasteiger partial charge in [0.15, 0.2) is 12.9 Å². The average molecular weight is 320 g/mol. The van der Waals surface area contributed by atoms with Gasteiger partial charge in [-0.15, -0.1) is 0 Å². The third-order valence-corrected chi connectivity index (χ3v) is 3.62. The van der Waals surface area contributed by atoms with Crippen LogP contribution in [-0.2, 0) is 4.79 Å². The van der Waals surface area contributed by atoms with Crippen LogP contribution in [0.15, 0.2) is 60.7 Å². The zero-order valence-corrected chi connectivity index (χ0v) is 13.2. The lowest BCUT2D eigenvalue weighted by Crippen LogP contribution is -2.18. The van der Waals surface area contributed by atoms with E-state index in [0.717, 1.165) is 16.3 Å². The molecule has 0 bridgehead atoms. The largest absolute Gasteiger partial charge is 0.482 e. The number of fused-ring (bicyclic) bond motifs is 1. The fourth-order valence-corrected chi connectivity index (χ4v) is 2.49. The van der Waals surface area contributed by atoms with Gasteiger partial charge in [-0.2, -0.15) is 0 Å². The molecule has 0 fully saturated rings. The van der Waals surface area contributed by atoms with E-state index in [2.05, 4.69) is 0 Å². The summed E-state index contributed by atoms with van der Waals surface area (Å²) in [5, 5.41) is 1.66. The summed E-state index contributed by atoms with van der Waals surface area (Å²) in [5.74, 6) is 0.275. The number of carbonyl (C=O) groups excluding carboxylic acids is 2. The summed E-state index contributed by atoms with van der Waals surface area (Å²) in [6.07, 6.45) is 0.701. The van der Waals surface area contributed by atoms with Crippen molar-refractivity contribution < 1.29 is 19.1 Å². The fraction of sp³-hybridized carbons (Fsp3) is 0.100. The average Bonchev–Trinajstić information content (AvgIpc) is 2.60. The Morgan fingerprint density at radius 1 is 1.04 bits per heavy atom. The fourth-order valence-electron chi connectivity index (χ4n) is 2.49. The lowest BCUT2D eigenvalue weighted by molar-refractivity contribution is -0.136. The third kappa shape index (κ3) is 3.43. The molecule has 0 spiro atoms. The predicted octanol–water partition coefficient (Wildman–Crippen LogP) is 3.95. The minimum absolute atomic E-state index is 0.228. The lowest BCUT2D eigenvalue weighted by atomic mass is 10.0. The van der Waals surface area contributed by atoms with E-state index in [1.165, 1.54) is 0 Å². The van der Waals surface area contributed by atoms with Crippen LogP contribution >= 0.6 is 0 Å². The van der Waals surface area contributed by atoms with Crippen molar-refractivity contribution in [3.8, 4) is 11.5 Å². The van der Waals surface area contributed by atoms with Gasteiger partial charge in [0, 0.05) is 0 Å². The van der Waals surface area contributed by atoms with Crippen molar-refractivity contribution in [2.45, 2.75) is 6.92 Å². The topological polar surface area (TPSA) is 52.6 Å². The highest BCUT2D eigenvalue weighted by atomic mass is 16.6. The van der Waals surface area contributed by atoms with Crippen LogP contribution in [0.1, 0.15) is 15.9 Å². The normalized spacial score (nSPS) is 10.4. The maximum Gasteiger partial charge on any atom is 0.349 e. The molecule has 0 aromatic heterocycles. The first-order chi connectivity index (χ1) is 11.7. The Morgan fingerprint density at radius 3 is 2.67 bits per heavy atom. The highest BCUT2D eigenvalue weighted by Gasteiger charge is 2.12. The third-order valence-electron chi connectivity index (χ3n) is 3.62. The summed E-state index contributed by atoms with van der Waals surface area (Å²) >= 11 is 0. The van der Waals surface area contributed by atoms with Crippen LogP contribution in [0.25, 0.3) is 10.8 Å². The molecule has 0 heterocycles. The minimum Gasteiger partial charge on any atom is -0.482 e.